The van der Waals surface area contributed by atoms with Crippen molar-refractivity contribution in [1.29, 1.82) is 0 Å². The number of morpholine rings is 1. The lowest BCUT2D eigenvalue weighted by Crippen LogP contribution is -2.57. The maximum absolute atomic E-state index is 13.9. The van der Waals surface area contributed by atoms with E-state index in [9.17, 15) is 42.3 Å². The standard InChI is InChI=1S/C35H46F3N5O7/c1-21(2)26(20-24-11-7-8-12-25(24)34(49)43-15-17-50-18-16-43)32(47)42-28(19-23-9-5-4-6-10-23)33(48)40-22(3)31(46)41-27(13-14-29(39)44)30(45)35(36,37)38/h4-12,21-22,26-28,30,45H,13-20H2,1-3H3,(H2,39,44)(H,40,48)(H,41,46)(H,42,47)/t22-,26-,27?,28-,30?/m0/s1. The molecular weight excluding hydrogens is 659 g/mol. The third kappa shape index (κ3) is 11.8. The Kier molecular flexibility index (Phi) is 14.8. The molecule has 2 aromatic rings. The number of halogens is 3. The molecule has 5 amide bonds. The minimum absolute atomic E-state index is 0.0255. The third-order valence-corrected chi connectivity index (χ3v) is 8.54. The molecular formula is C35H46F3N5O7. The lowest BCUT2D eigenvalue weighted by atomic mass is 9.86. The summed E-state index contributed by atoms with van der Waals surface area (Å²) in [6, 6.07) is 11.3. The molecule has 2 unspecified atom stereocenters. The van der Waals surface area contributed by atoms with E-state index in [2.05, 4.69) is 16.0 Å². The number of benzene rings is 2. The maximum Gasteiger partial charge on any atom is 0.416 e. The Morgan fingerprint density at radius 1 is 0.860 bits per heavy atom. The highest BCUT2D eigenvalue weighted by Crippen LogP contribution is 2.25. The van der Waals surface area contributed by atoms with Crippen LogP contribution in [0, 0.1) is 11.8 Å². The number of primary amides is 1. The Hall–Kier alpha value is -4.50. The molecule has 12 nitrogen and oxygen atoms in total. The number of nitrogens with two attached hydrogens (primary N) is 1. The molecule has 0 bridgehead atoms. The van der Waals surface area contributed by atoms with Crippen molar-refractivity contribution in [2.75, 3.05) is 26.3 Å². The molecule has 274 valence electrons. The topological polar surface area (TPSA) is 180 Å². The zero-order chi connectivity index (χ0) is 37.0. The monoisotopic (exact) mass is 705 g/mol. The first-order valence-corrected chi connectivity index (χ1v) is 16.5. The second-order valence-electron chi connectivity index (χ2n) is 12.7. The predicted molar refractivity (Wildman–Crippen MR) is 177 cm³/mol. The highest BCUT2D eigenvalue weighted by atomic mass is 19.4. The number of alkyl halides is 3. The SMILES string of the molecule is CC(C)[C@H](Cc1ccccc1C(=O)N1CCOCC1)C(=O)N[C@@H](Cc1ccccc1)C(=O)N[C@@H](C)C(=O)NC(CCC(N)=O)C(O)C(F)(F)F. The Labute approximate surface area is 289 Å². The number of rotatable bonds is 16. The minimum atomic E-state index is -5.10. The average Bonchev–Trinajstić information content (AvgIpc) is 3.08. The fourth-order valence-corrected chi connectivity index (χ4v) is 5.57. The number of aliphatic hydroxyl groups is 1. The summed E-state index contributed by atoms with van der Waals surface area (Å²) in [6.07, 6.45) is -8.99. The Morgan fingerprint density at radius 3 is 2.08 bits per heavy atom. The molecule has 6 N–H and O–H groups in total. The van der Waals surface area contributed by atoms with Gasteiger partial charge in [-0.25, -0.2) is 0 Å². The largest absolute Gasteiger partial charge is 0.416 e. The Bertz CT molecular complexity index is 1470. The first-order valence-electron chi connectivity index (χ1n) is 16.5. The summed E-state index contributed by atoms with van der Waals surface area (Å²) < 4.78 is 45.2. The highest BCUT2D eigenvalue weighted by molar-refractivity contribution is 5.96. The minimum Gasteiger partial charge on any atom is -0.382 e. The second-order valence-corrected chi connectivity index (χ2v) is 12.7. The average molecular weight is 706 g/mol. The predicted octanol–water partition coefficient (Wildman–Crippen LogP) is 1.88. The number of hydrogen-bond acceptors (Lipinski definition) is 7. The van der Waals surface area contributed by atoms with Crippen LogP contribution < -0.4 is 21.7 Å². The van der Waals surface area contributed by atoms with Crippen LogP contribution in [0.25, 0.3) is 0 Å². The molecule has 15 heteroatoms. The van der Waals surface area contributed by atoms with Crippen LogP contribution in [0.5, 0.6) is 0 Å². The fraction of sp³-hybridized carbons (Fsp3) is 0.514. The van der Waals surface area contributed by atoms with Gasteiger partial charge in [0.2, 0.25) is 23.6 Å². The number of aliphatic hydroxyl groups excluding tert-OH is 1. The second kappa shape index (κ2) is 18.5. The van der Waals surface area contributed by atoms with E-state index in [0.29, 0.717) is 43.0 Å². The van der Waals surface area contributed by atoms with E-state index in [4.69, 9.17) is 10.5 Å². The summed E-state index contributed by atoms with van der Waals surface area (Å²) in [5, 5.41) is 17.1. The molecule has 1 aliphatic heterocycles. The number of amides is 5. The highest BCUT2D eigenvalue weighted by Gasteiger charge is 2.44. The number of ether oxygens (including phenoxy) is 1. The molecule has 1 aliphatic rings. The van der Waals surface area contributed by atoms with Gasteiger partial charge in [0.25, 0.3) is 5.91 Å². The molecule has 3 rings (SSSR count). The molecule has 50 heavy (non-hydrogen) atoms. The number of nitrogens with zero attached hydrogens (tertiary/aromatic N) is 1. The van der Waals surface area contributed by atoms with Crippen LogP contribution >= 0.6 is 0 Å². The van der Waals surface area contributed by atoms with E-state index >= 15 is 0 Å². The van der Waals surface area contributed by atoms with Gasteiger partial charge in [-0.05, 0) is 42.9 Å². The lowest BCUT2D eigenvalue weighted by Gasteiger charge is -2.29. The van der Waals surface area contributed by atoms with Crippen LogP contribution in [0.1, 0.15) is 55.1 Å². The summed E-state index contributed by atoms with van der Waals surface area (Å²) in [7, 11) is 0. The summed E-state index contributed by atoms with van der Waals surface area (Å²) >= 11 is 0. The van der Waals surface area contributed by atoms with Crippen LogP contribution in [0.2, 0.25) is 0 Å². The van der Waals surface area contributed by atoms with Crippen molar-refractivity contribution in [3.05, 3.63) is 71.3 Å². The van der Waals surface area contributed by atoms with Gasteiger partial charge in [0.1, 0.15) is 12.1 Å². The van der Waals surface area contributed by atoms with Crippen molar-refractivity contribution in [2.24, 2.45) is 17.6 Å². The molecule has 1 heterocycles. The van der Waals surface area contributed by atoms with Gasteiger partial charge in [0.15, 0.2) is 6.10 Å². The third-order valence-electron chi connectivity index (χ3n) is 8.54. The molecule has 2 aromatic carbocycles. The molecule has 0 aliphatic carbocycles. The van der Waals surface area contributed by atoms with Gasteiger partial charge in [-0.3, -0.25) is 24.0 Å². The van der Waals surface area contributed by atoms with Crippen molar-refractivity contribution >= 4 is 29.5 Å². The maximum atomic E-state index is 13.9. The molecule has 0 spiro atoms. The molecule has 5 atom stereocenters. The number of carbonyl (C=O) groups is 5. The summed E-state index contributed by atoms with van der Waals surface area (Å²) in [4.78, 5) is 66.7. The summed E-state index contributed by atoms with van der Waals surface area (Å²) in [5.41, 5.74) is 6.87. The molecule has 1 fully saturated rings. The lowest BCUT2D eigenvalue weighted by molar-refractivity contribution is -0.212. The summed E-state index contributed by atoms with van der Waals surface area (Å²) in [6.45, 7) is 6.69. The Morgan fingerprint density at radius 2 is 1.48 bits per heavy atom. The van der Waals surface area contributed by atoms with Gasteiger partial charge >= 0.3 is 6.18 Å². The van der Waals surface area contributed by atoms with Crippen LogP contribution in [0.3, 0.4) is 0 Å². The zero-order valence-corrected chi connectivity index (χ0v) is 28.4. The quantitative estimate of drug-likeness (QED) is 0.177. The van der Waals surface area contributed by atoms with Crippen molar-refractivity contribution in [3.63, 3.8) is 0 Å². The van der Waals surface area contributed by atoms with Crippen molar-refractivity contribution in [2.45, 2.75) is 76.9 Å². The fourth-order valence-electron chi connectivity index (χ4n) is 5.57. The van der Waals surface area contributed by atoms with Gasteiger partial charge in [-0.2, -0.15) is 13.2 Å². The van der Waals surface area contributed by atoms with E-state index in [-0.39, 0.29) is 24.7 Å². The zero-order valence-electron chi connectivity index (χ0n) is 28.4. The molecule has 0 saturated carbocycles. The van der Waals surface area contributed by atoms with Gasteiger partial charge < -0.3 is 36.4 Å². The van der Waals surface area contributed by atoms with Crippen LogP contribution in [-0.2, 0) is 36.8 Å². The van der Waals surface area contributed by atoms with Crippen LogP contribution in [0.4, 0.5) is 13.2 Å². The van der Waals surface area contributed by atoms with Crippen molar-refractivity contribution in [1.82, 2.24) is 20.9 Å². The van der Waals surface area contributed by atoms with E-state index in [1.807, 2.05) is 13.8 Å². The normalized spacial score (nSPS) is 16.4. The number of hydrogen-bond donors (Lipinski definition) is 5. The number of nitrogens with one attached hydrogen (secondary N) is 3. The van der Waals surface area contributed by atoms with E-state index in [0.717, 1.165) is 0 Å². The smallest absolute Gasteiger partial charge is 0.382 e. The van der Waals surface area contributed by atoms with E-state index < -0.39 is 72.8 Å². The molecule has 0 aromatic heterocycles. The first-order chi connectivity index (χ1) is 23.6. The van der Waals surface area contributed by atoms with Crippen LogP contribution in [-0.4, -0.2) is 96.3 Å². The van der Waals surface area contributed by atoms with Gasteiger partial charge in [0.05, 0.1) is 19.3 Å². The first kappa shape index (κ1) is 39.9. The molecule has 1 saturated heterocycles. The van der Waals surface area contributed by atoms with Gasteiger partial charge in [0, 0.05) is 37.4 Å². The van der Waals surface area contributed by atoms with Gasteiger partial charge in [-0.15, -0.1) is 0 Å². The number of carbonyl (C=O) groups excluding carboxylic acids is 5. The Balaban J connectivity index is 1.79. The van der Waals surface area contributed by atoms with Crippen molar-refractivity contribution in [3.8, 4) is 0 Å². The van der Waals surface area contributed by atoms with E-state index in [1.165, 1.54) is 6.92 Å². The van der Waals surface area contributed by atoms with E-state index in [1.54, 1.807) is 59.5 Å². The molecule has 0 radical (unpaired) electrons. The summed E-state index contributed by atoms with van der Waals surface area (Å²) in [5.74, 6) is -4.28. The van der Waals surface area contributed by atoms with Crippen molar-refractivity contribution < 1.29 is 47.0 Å². The van der Waals surface area contributed by atoms with Crippen LogP contribution in [0.15, 0.2) is 54.6 Å². The van der Waals surface area contributed by atoms with Gasteiger partial charge in [-0.1, -0.05) is 62.4 Å².